The summed E-state index contributed by atoms with van der Waals surface area (Å²) in [5, 5.41) is 11.9. The van der Waals surface area contributed by atoms with Crippen LogP contribution in [0, 0.1) is 25.2 Å². The number of hydrogen-bond acceptors (Lipinski definition) is 4. The van der Waals surface area contributed by atoms with Gasteiger partial charge < -0.3 is 15.1 Å². The standard InChI is InChI=1S/C19H28N4O/c1-12-5-18-21-10-14(11-23(18)22-12)9-20-16-7-19(3,4)8-17-15(16)6-13(2)24-17/h5-6,14,16,20-21H,7-11H2,1-4H3. The molecule has 2 aromatic heterocycles. The molecular weight excluding hydrogens is 300 g/mol. The quantitative estimate of drug-likeness (QED) is 0.906. The monoisotopic (exact) mass is 328 g/mol. The van der Waals surface area contributed by atoms with Gasteiger partial charge in [0.15, 0.2) is 0 Å². The highest BCUT2D eigenvalue weighted by molar-refractivity contribution is 5.38. The van der Waals surface area contributed by atoms with Gasteiger partial charge in [0.2, 0.25) is 0 Å². The van der Waals surface area contributed by atoms with Crippen LogP contribution < -0.4 is 10.6 Å². The summed E-state index contributed by atoms with van der Waals surface area (Å²) in [6, 6.07) is 4.73. The molecule has 2 aliphatic rings. The van der Waals surface area contributed by atoms with Crippen LogP contribution >= 0.6 is 0 Å². The predicted molar refractivity (Wildman–Crippen MR) is 95.2 cm³/mol. The Hall–Kier alpha value is -1.75. The summed E-state index contributed by atoms with van der Waals surface area (Å²) in [5.74, 6) is 3.90. The number of aromatic nitrogens is 2. The Labute approximate surface area is 143 Å². The van der Waals surface area contributed by atoms with Crippen molar-refractivity contribution in [2.75, 3.05) is 18.4 Å². The van der Waals surface area contributed by atoms with Gasteiger partial charge in [0.05, 0.1) is 5.69 Å². The van der Waals surface area contributed by atoms with Gasteiger partial charge in [-0.1, -0.05) is 13.8 Å². The van der Waals surface area contributed by atoms with E-state index in [0.717, 1.165) is 49.7 Å². The average molecular weight is 328 g/mol. The van der Waals surface area contributed by atoms with E-state index < -0.39 is 0 Å². The highest BCUT2D eigenvalue weighted by atomic mass is 16.3. The fourth-order valence-electron chi connectivity index (χ4n) is 4.20. The number of anilines is 1. The SMILES string of the molecule is Cc1cc2n(n1)CC(CNC1CC(C)(C)Cc3oc(C)cc31)CN2. The summed E-state index contributed by atoms with van der Waals surface area (Å²) in [4.78, 5) is 0. The minimum atomic E-state index is 0.284. The molecule has 5 heteroatoms. The van der Waals surface area contributed by atoms with Crippen LogP contribution in [0.15, 0.2) is 16.5 Å². The molecule has 0 aromatic carbocycles. The molecule has 24 heavy (non-hydrogen) atoms. The fourth-order valence-corrected chi connectivity index (χ4v) is 4.20. The van der Waals surface area contributed by atoms with Gasteiger partial charge in [-0.25, -0.2) is 4.68 Å². The third-order valence-corrected chi connectivity index (χ3v) is 5.29. The maximum absolute atomic E-state index is 5.95. The second kappa shape index (κ2) is 5.66. The number of furan rings is 1. The maximum Gasteiger partial charge on any atom is 0.124 e. The molecule has 0 fully saturated rings. The number of nitrogens with zero attached hydrogens (tertiary/aromatic N) is 2. The molecule has 1 aliphatic carbocycles. The number of fused-ring (bicyclic) bond motifs is 2. The van der Waals surface area contributed by atoms with E-state index in [1.54, 1.807) is 0 Å². The van der Waals surface area contributed by atoms with Crippen LogP contribution in [0.25, 0.3) is 0 Å². The lowest BCUT2D eigenvalue weighted by Crippen LogP contribution is -2.39. The Kier molecular flexibility index (Phi) is 3.71. The lowest BCUT2D eigenvalue weighted by Gasteiger charge is -2.36. The molecule has 0 saturated carbocycles. The molecule has 5 nitrogen and oxygen atoms in total. The van der Waals surface area contributed by atoms with Crippen molar-refractivity contribution >= 4 is 5.82 Å². The van der Waals surface area contributed by atoms with Gasteiger partial charge in [0, 0.05) is 49.6 Å². The van der Waals surface area contributed by atoms with Crippen molar-refractivity contribution in [3.05, 3.63) is 34.9 Å². The van der Waals surface area contributed by atoms with Crippen molar-refractivity contribution < 1.29 is 4.42 Å². The number of nitrogens with one attached hydrogen (secondary N) is 2. The molecule has 0 amide bonds. The smallest absolute Gasteiger partial charge is 0.124 e. The van der Waals surface area contributed by atoms with Crippen LogP contribution in [0.5, 0.6) is 0 Å². The van der Waals surface area contributed by atoms with Crippen LogP contribution in [0.2, 0.25) is 0 Å². The molecular formula is C19H28N4O. The molecule has 2 N–H and O–H groups in total. The van der Waals surface area contributed by atoms with E-state index in [0.29, 0.717) is 12.0 Å². The number of hydrogen-bond donors (Lipinski definition) is 2. The molecule has 0 spiro atoms. The number of rotatable bonds is 3. The highest BCUT2D eigenvalue weighted by Gasteiger charge is 2.35. The van der Waals surface area contributed by atoms with Crippen LogP contribution in [0.4, 0.5) is 5.82 Å². The summed E-state index contributed by atoms with van der Waals surface area (Å²) < 4.78 is 8.05. The minimum Gasteiger partial charge on any atom is -0.466 e. The summed E-state index contributed by atoms with van der Waals surface area (Å²) in [6.07, 6.45) is 2.19. The van der Waals surface area contributed by atoms with Gasteiger partial charge in [-0.15, -0.1) is 0 Å². The molecule has 0 saturated heterocycles. The summed E-state index contributed by atoms with van der Waals surface area (Å²) in [6.45, 7) is 11.8. The van der Waals surface area contributed by atoms with E-state index in [-0.39, 0.29) is 5.41 Å². The Bertz CT molecular complexity index is 743. The maximum atomic E-state index is 5.95. The Morgan fingerprint density at radius 2 is 2.21 bits per heavy atom. The topological polar surface area (TPSA) is 55.0 Å². The zero-order valence-corrected chi connectivity index (χ0v) is 15.1. The molecule has 3 heterocycles. The van der Waals surface area contributed by atoms with E-state index in [1.165, 1.54) is 11.3 Å². The van der Waals surface area contributed by atoms with Crippen molar-refractivity contribution in [1.82, 2.24) is 15.1 Å². The Morgan fingerprint density at radius 3 is 3.04 bits per heavy atom. The van der Waals surface area contributed by atoms with Crippen LogP contribution in [0.1, 0.15) is 49.1 Å². The van der Waals surface area contributed by atoms with Crippen molar-refractivity contribution in [1.29, 1.82) is 0 Å². The molecule has 2 atom stereocenters. The Balaban J connectivity index is 1.44. The van der Waals surface area contributed by atoms with Gasteiger partial charge in [0.1, 0.15) is 17.3 Å². The van der Waals surface area contributed by atoms with E-state index in [1.807, 2.05) is 6.92 Å². The van der Waals surface area contributed by atoms with Crippen LogP contribution in [-0.2, 0) is 13.0 Å². The van der Waals surface area contributed by atoms with Crippen molar-refractivity contribution in [3.8, 4) is 0 Å². The van der Waals surface area contributed by atoms with Crippen LogP contribution in [0.3, 0.4) is 0 Å². The molecule has 0 radical (unpaired) electrons. The highest BCUT2D eigenvalue weighted by Crippen LogP contribution is 2.42. The van der Waals surface area contributed by atoms with Crippen molar-refractivity contribution in [2.45, 2.75) is 53.1 Å². The molecule has 2 unspecified atom stereocenters. The first kappa shape index (κ1) is 15.8. The minimum absolute atomic E-state index is 0.284. The third-order valence-electron chi connectivity index (χ3n) is 5.29. The lowest BCUT2D eigenvalue weighted by molar-refractivity contribution is 0.227. The first-order chi connectivity index (χ1) is 11.4. The first-order valence-electron chi connectivity index (χ1n) is 9.00. The average Bonchev–Trinajstić information content (AvgIpc) is 3.03. The number of aryl methyl sites for hydroxylation is 2. The normalized spacial score (nSPS) is 25.0. The molecule has 2 aromatic rings. The van der Waals surface area contributed by atoms with Gasteiger partial charge >= 0.3 is 0 Å². The molecule has 0 bridgehead atoms. The molecule has 130 valence electrons. The van der Waals surface area contributed by atoms with E-state index >= 15 is 0 Å². The summed E-state index contributed by atoms with van der Waals surface area (Å²) in [7, 11) is 0. The first-order valence-corrected chi connectivity index (χ1v) is 9.00. The zero-order chi connectivity index (χ0) is 16.9. The second-order valence-corrected chi connectivity index (χ2v) is 8.34. The van der Waals surface area contributed by atoms with Crippen molar-refractivity contribution in [2.24, 2.45) is 11.3 Å². The fraction of sp³-hybridized carbons (Fsp3) is 0.632. The summed E-state index contributed by atoms with van der Waals surface area (Å²) in [5.41, 5.74) is 2.73. The van der Waals surface area contributed by atoms with Crippen molar-refractivity contribution in [3.63, 3.8) is 0 Å². The third kappa shape index (κ3) is 2.97. The Morgan fingerprint density at radius 1 is 1.38 bits per heavy atom. The van der Waals surface area contributed by atoms with Gasteiger partial charge in [-0.3, -0.25) is 0 Å². The van der Waals surface area contributed by atoms with E-state index in [4.69, 9.17) is 4.42 Å². The van der Waals surface area contributed by atoms with E-state index in [2.05, 4.69) is 53.3 Å². The molecule has 4 rings (SSSR count). The van der Waals surface area contributed by atoms with Gasteiger partial charge in [-0.05, 0) is 31.7 Å². The summed E-state index contributed by atoms with van der Waals surface area (Å²) >= 11 is 0. The van der Waals surface area contributed by atoms with Crippen LogP contribution in [-0.4, -0.2) is 22.9 Å². The lowest BCUT2D eigenvalue weighted by atomic mass is 9.74. The van der Waals surface area contributed by atoms with Gasteiger partial charge in [0.25, 0.3) is 0 Å². The zero-order valence-electron chi connectivity index (χ0n) is 15.1. The molecule has 1 aliphatic heterocycles. The predicted octanol–water partition coefficient (Wildman–Crippen LogP) is 3.44. The largest absolute Gasteiger partial charge is 0.466 e. The van der Waals surface area contributed by atoms with Gasteiger partial charge in [-0.2, -0.15) is 5.10 Å². The second-order valence-electron chi connectivity index (χ2n) is 8.34. The van der Waals surface area contributed by atoms with E-state index in [9.17, 15) is 0 Å².